The van der Waals surface area contributed by atoms with Crippen LogP contribution in [-0.2, 0) is 17.9 Å². The van der Waals surface area contributed by atoms with Crippen molar-refractivity contribution in [2.24, 2.45) is 0 Å². The second-order valence-corrected chi connectivity index (χ2v) is 7.03. The van der Waals surface area contributed by atoms with Crippen LogP contribution in [0.2, 0.25) is 5.02 Å². The minimum atomic E-state index is -0.307. The quantitative estimate of drug-likeness (QED) is 0.540. The van der Waals surface area contributed by atoms with Crippen LogP contribution < -0.4 is 14.8 Å². The van der Waals surface area contributed by atoms with Crippen LogP contribution in [-0.4, -0.2) is 51.4 Å². The van der Waals surface area contributed by atoms with Gasteiger partial charge in [-0.1, -0.05) is 29.8 Å². The van der Waals surface area contributed by atoms with Gasteiger partial charge in [-0.3, -0.25) is 4.90 Å². The van der Waals surface area contributed by atoms with Crippen molar-refractivity contribution in [3.8, 4) is 11.5 Å². The minimum absolute atomic E-state index is 0. The number of hydrogen-bond donors (Lipinski definition) is 1. The fraction of sp³-hybridized carbons (Fsp3) is 0.429. The molecule has 0 radical (unpaired) electrons. The Hall–Kier alpha value is -1.28. The fourth-order valence-electron chi connectivity index (χ4n) is 3.08. The zero-order valence-corrected chi connectivity index (χ0v) is 19.3. The lowest BCUT2D eigenvalue weighted by atomic mass is 10.2. The van der Waals surface area contributed by atoms with Crippen LogP contribution >= 0.6 is 36.4 Å². The Labute approximate surface area is 194 Å². The summed E-state index contributed by atoms with van der Waals surface area (Å²) in [6.07, 6.45) is 0. The Morgan fingerprint density at radius 2 is 1.90 bits per heavy atom. The monoisotopic (exact) mass is 480 g/mol. The Kier molecular flexibility index (Phi) is 12.4. The fourth-order valence-corrected chi connectivity index (χ4v) is 3.36. The van der Waals surface area contributed by atoms with Crippen molar-refractivity contribution in [3.05, 3.63) is 58.4 Å². The molecule has 0 amide bonds. The van der Waals surface area contributed by atoms with Gasteiger partial charge in [-0.2, -0.15) is 0 Å². The molecule has 9 heteroatoms. The molecule has 1 N–H and O–H groups in total. The number of nitrogens with zero attached hydrogens (tertiary/aromatic N) is 1. The summed E-state index contributed by atoms with van der Waals surface area (Å²) in [6, 6.07) is 10.2. The van der Waals surface area contributed by atoms with Gasteiger partial charge in [0.1, 0.15) is 12.4 Å². The van der Waals surface area contributed by atoms with E-state index in [1.807, 2.05) is 12.1 Å². The molecule has 0 saturated carbocycles. The third-order valence-corrected chi connectivity index (χ3v) is 4.94. The molecule has 2 aromatic rings. The Morgan fingerprint density at radius 1 is 1.17 bits per heavy atom. The molecular formula is C21H28Cl3FN2O3. The smallest absolute Gasteiger partial charge is 0.180 e. The number of benzene rings is 2. The second-order valence-electron chi connectivity index (χ2n) is 6.62. The lowest BCUT2D eigenvalue weighted by molar-refractivity contribution is 0.0384. The van der Waals surface area contributed by atoms with Gasteiger partial charge < -0.3 is 19.5 Å². The highest BCUT2D eigenvalue weighted by Crippen LogP contribution is 2.37. The second kappa shape index (κ2) is 13.9. The number of morpholine rings is 1. The number of methoxy groups -OCH3 is 1. The maximum atomic E-state index is 13.8. The molecule has 1 saturated heterocycles. The number of ether oxygens (including phenoxy) is 3. The van der Waals surface area contributed by atoms with Crippen LogP contribution in [0.4, 0.5) is 4.39 Å². The lowest BCUT2D eigenvalue weighted by Gasteiger charge is -2.26. The van der Waals surface area contributed by atoms with E-state index in [4.69, 9.17) is 25.8 Å². The van der Waals surface area contributed by atoms with Crippen molar-refractivity contribution in [1.82, 2.24) is 10.2 Å². The first-order chi connectivity index (χ1) is 13.7. The molecule has 1 heterocycles. The average molecular weight is 482 g/mol. The molecule has 0 atom stereocenters. The van der Waals surface area contributed by atoms with E-state index in [9.17, 15) is 4.39 Å². The van der Waals surface area contributed by atoms with Crippen molar-refractivity contribution in [3.63, 3.8) is 0 Å². The summed E-state index contributed by atoms with van der Waals surface area (Å²) in [5.74, 6) is 0.650. The first-order valence-electron chi connectivity index (χ1n) is 9.41. The predicted octanol–water partition coefficient (Wildman–Crippen LogP) is 4.33. The van der Waals surface area contributed by atoms with Gasteiger partial charge >= 0.3 is 0 Å². The summed E-state index contributed by atoms with van der Waals surface area (Å²) < 4.78 is 30.3. The molecule has 2 aromatic carbocycles. The molecule has 0 spiro atoms. The van der Waals surface area contributed by atoms with Crippen LogP contribution in [0.1, 0.15) is 11.1 Å². The van der Waals surface area contributed by atoms with Gasteiger partial charge in [0.2, 0.25) is 0 Å². The van der Waals surface area contributed by atoms with E-state index >= 15 is 0 Å². The average Bonchev–Trinajstić information content (AvgIpc) is 2.72. The first-order valence-corrected chi connectivity index (χ1v) is 9.78. The standard InChI is InChI=1S/C21H26ClFN2O3.2ClH/c1-26-20-13-16(14-24-6-7-25-8-10-27-11-9-25)12-18(22)21(20)28-15-17-4-2-3-5-19(17)23;;/h2-5,12-13,24H,6-11,14-15H2,1H3;2*1H. The van der Waals surface area contributed by atoms with Gasteiger partial charge in [0.15, 0.2) is 11.5 Å². The third-order valence-electron chi connectivity index (χ3n) is 4.66. The molecule has 1 fully saturated rings. The zero-order chi connectivity index (χ0) is 19.8. The Morgan fingerprint density at radius 3 is 2.60 bits per heavy atom. The van der Waals surface area contributed by atoms with Gasteiger partial charge in [0, 0.05) is 38.3 Å². The molecule has 3 rings (SSSR count). The summed E-state index contributed by atoms with van der Waals surface area (Å²) in [5.41, 5.74) is 1.47. The van der Waals surface area contributed by atoms with Crippen molar-refractivity contribution >= 4 is 36.4 Å². The lowest BCUT2D eigenvalue weighted by Crippen LogP contribution is -2.40. The van der Waals surface area contributed by atoms with E-state index in [-0.39, 0.29) is 37.2 Å². The molecule has 0 unspecified atom stereocenters. The number of halogens is 4. The topological polar surface area (TPSA) is 43.0 Å². The van der Waals surface area contributed by atoms with Crippen LogP contribution in [0.15, 0.2) is 36.4 Å². The van der Waals surface area contributed by atoms with E-state index in [0.717, 1.165) is 45.0 Å². The zero-order valence-electron chi connectivity index (χ0n) is 16.9. The predicted molar refractivity (Wildman–Crippen MR) is 122 cm³/mol. The minimum Gasteiger partial charge on any atom is -0.493 e. The van der Waals surface area contributed by atoms with Crippen LogP contribution in [0.25, 0.3) is 0 Å². The molecule has 1 aliphatic heterocycles. The molecular weight excluding hydrogens is 454 g/mol. The highest BCUT2D eigenvalue weighted by atomic mass is 35.5. The van der Waals surface area contributed by atoms with Crippen LogP contribution in [0.5, 0.6) is 11.5 Å². The highest BCUT2D eigenvalue weighted by molar-refractivity contribution is 6.32. The third kappa shape index (κ3) is 7.76. The summed E-state index contributed by atoms with van der Waals surface area (Å²) >= 11 is 6.41. The van der Waals surface area contributed by atoms with Crippen molar-refractivity contribution in [1.29, 1.82) is 0 Å². The van der Waals surface area contributed by atoms with Gasteiger partial charge in [0.05, 0.1) is 25.3 Å². The first kappa shape index (κ1) is 26.8. The number of hydrogen-bond acceptors (Lipinski definition) is 5. The normalized spacial score (nSPS) is 13.8. The van der Waals surface area contributed by atoms with Gasteiger partial charge in [0.25, 0.3) is 0 Å². The van der Waals surface area contributed by atoms with Crippen molar-refractivity contribution < 1.29 is 18.6 Å². The number of nitrogens with one attached hydrogen (secondary N) is 1. The van der Waals surface area contributed by atoms with Crippen molar-refractivity contribution in [2.45, 2.75) is 13.2 Å². The highest BCUT2D eigenvalue weighted by Gasteiger charge is 2.14. The van der Waals surface area contributed by atoms with E-state index < -0.39 is 0 Å². The van der Waals surface area contributed by atoms with E-state index in [0.29, 0.717) is 28.6 Å². The summed E-state index contributed by atoms with van der Waals surface area (Å²) in [4.78, 5) is 2.38. The van der Waals surface area contributed by atoms with Crippen LogP contribution in [0, 0.1) is 5.82 Å². The molecule has 1 aliphatic rings. The SMILES string of the molecule is COc1cc(CNCCN2CCOCC2)cc(Cl)c1OCc1ccccc1F.Cl.Cl. The molecule has 5 nitrogen and oxygen atoms in total. The summed E-state index contributed by atoms with van der Waals surface area (Å²) in [7, 11) is 1.57. The molecule has 30 heavy (non-hydrogen) atoms. The molecule has 0 aromatic heterocycles. The van der Waals surface area contributed by atoms with E-state index in [1.165, 1.54) is 6.07 Å². The Balaban J connectivity index is 0.00000225. The summed E-state index contributed by atoms with van der Waals surface area (Å²) in [6.45, 7) is 6.20. The Bertz CT molecular complexity index is 777. The maximum absolute atomic E-state index is 13.8. The van der Waals surface area contributed by atoms with E-state index in [1.54, 1.807) is 25.3 Å². The molecule has 0 bridgehead atoms. The largest absolute Gasteiger partial charge is 0.493 e. The maximum Gasteiger partial charge on any atom is 0.180 e. The van der Waals surface area contributed by atoms with Gasteiger partial charge in [-0.05, 0) is 23.8 Å². The number of rotatable bonds is 9. The summed E-state index contributed by atoms with van der Waals surface area (Å²) in [5, 5.41) is 3.87. The molecule has 168 valence electrons. The van der Waals surface area contributed by atoms with E-state index in [2.05, 4.69) is 10.2 Å². The van der Waals surface area contributed by atoms with Gasteiger partial charge in [-0.25, -0.2) is 4.39 Å². The molecule has 0 aliphatic carbocycles. The van der Waals surface area contributed by atoms with Crippen molar-refractivity contribution in [2.75, 3.05) is 46.5 Å². The van der Waals surface area contributed by atoms with Gasteiger partial charge in [-0.15, -0.1) is 24.8 Å². The van der Waals surface area contributed by atoms with Crippen LogP contribution in [0.3, 0.4) is 0 Å².